The van der Waals surface area contributed by atoms with Gasteiger partial charge in [0.2, 0.25) is 5.95 Å². The van der Waals surface area contributed by atoms with E-state index in [1.54, 1.807) is 19.5 Å². The van der Waals surface area contributed by atoms with Crippen molar-refractivity contribution in [3.63, 3.8) is 0 Å². The lowest BCUT2D eigenvalue weighted by Crippen LogP contribution is -2.08. The van der Waals surface area contributed by atoms with Crippen LogP contribution in [0, 0.1) is 0 Å². The Balaban J connectivity index is 1.78. The van der Waals surface area contributed by atoms with E-state index >= 15 is 0 Å². The summed E-state index contributed by atoms with van der Waals surface area (Å²) in [6.07, 6.45) is 4.37. The van der Waals surface area contributed by atoms with Gasteiger partial charge in [-0.2, -0.15) is 0 Å². The predicted octanol–water partition coefficient (Wildman–Crippen LogP) is 2.82. The van der Waals surface area contributed by atoms with Gasteiger partial charge in [-0.1, -0.05) is 0 Å². The van der Waals surface area contributed by atoms with Gasteiger partial charge in [0.1, 0.15) is 17.6 Å². The number of nitrogens with one attached hydrogen (secondary N) is 1. The molecule has 0 amide bonds. The Morgan fingerprint density at radius 1 is 1.26 bits per heavy atom. The highest BCUT2D eigenvalue weighted by atomic mass is 16.5. The number of fused-ring (bicyclic) bond motifs is 1. The van der Waals surface area contributed by atoms with Gasteiger partial charge in [0.25, 0.3) is 0 Å². The fourth-order valence-electron chi connectivity index (χ4n) is 2.65. The Labute approximate surface area is 135 Å². The van der Waals surface area contributed by atoms with Crippen LogP contribution >= 0.6 is 0 Å². The van der Waals surface area contributed by atoms with E-state index in [2.05, 4.69) is 28.3 Å². The number of hydrogen-bond acceptors (Lipinski definition) is 6. The molecule has 0 saturated carbocycles. The van der Waals surface area contributed by atoms with Gasteiger partial charge in [-0.25, -0.2) is 9.97 Å². The number of ether oxygens (including phenoxy) is 3. The first-order valence-corrected chi connectivity index (χ1v) is 7.74. The largest absolute Gasteiger partial charge is 0.494 e. The van der Waals surface area contributed by atoms with E-state index in [0.717, 1.165) is 23.5 Å². The standard InChI is InChI=1S/C17H21N3O3/c1-4-22-14-6-12-5-11(2)23-16(12)13(7-14)8-18-17-19-9-15(21-3)10-20-17/h6-7,9-11H,4-5,8H2,1-3H3,(H,18,19,20). The molecule has 6 heteroatoms. The van der Waals surface area contributed by atoms with Crippen LogP contribution in [0.25, 0.3) is 0 Å². The lowest BCUT2D eigenvalue weighted by atomic mass is 10.1. The van der Waals surface area contributed by atoms with Gasteiger partial charge in [0, 0.05) is 24.1 Å². The van der Waals surface area contributed by atoms with Crippen molar-refractivity contribution in [1.29, 1.82) is 0 Å². The molecule has 1 unspecified atom stereocenters. The second kappa shape index (κ2) is 6.73. The van der Waals surface area contributed by atoms with Crippen LogP contribution in [0.4, 0.5) is 5.95 Å². The zero-order chi connectivity index (χ0) is 16.2. The topological polar surface area (TPSA) is 65.5 Å². The van der Waals surface area contributed by atoms with Gasteiger partial charge in [0.05, 0.1) is 26.1 Å². The maximum atomic E-state index is 5.94. The van der Waals surface area contributed by atoms with Crippen LogP contribution in [-0.2, 0) is 13.0 Å². The highest BCUT2D eigenvalue weighted by Gasteiger charge is 2.23. The van der Waals surface area contributed by atoms with E-state index in [1.165, 1.54) is 5.56 Å². The molecule has 1 aromatic heterocycles. The number of nitrogens with zero attached hydrogens (tertiary/aromatic N) is 2. The van der Waals surface area contributed by atoms with E-state index in [-0.39, 0.29) is 6.10 Å². The molecule has 2 aromatic rings. The highest BCUT2D eigenvalue weighted by Crippen LogP contribution is 2.36. The molecule has 0 aliphatic carbocycles. The molecule has 23 heavy (non-hydrogen) atoms. The van der Waals surface area contributed by atoms with Crippen molar-refractivity contribution in [2.75, 3.05) is 19.0 Å². The van der Waals surface area contributed by atoms with Crippen LogP contribution in [0.3, 0.4) is 0 Å². The van der Waals surface area contributed by atoms with Crippen LogP contribution in [0.15, 0.2) is 24.5 Å². The maximum absolute atomic E-state index is 5.94. The molecule has 0 radical (unpaired) electrons. The fraction of sp³-hybridized carbons (Fsp3) is 0.412. The minimum atomic E-state index is 0.192. The number of rotatable bonds is 6. The highest BCUT2D eigenvalue weighted by molar-refractivity contribution is 5.51. The van der Waals surface area contributed by atoms with Crippen molar-refractivity contribution < 1.29 is 14.2 Å². The molecule has 122 valence electrons. The third-order valence-electron chi connectivity index (χ3n) is 3.65. The fourth-order valence-corrected chi connectivity index (χ4v) is 2.65. The Morgan fingerprint density at radius 3 is 2.74 bits per heavy atom. The monoisotopic (exact) mass is 315 g/mol. The van der Waals surface area contributed by atoms with Crippen molar-refractivity contribution in [2.24, 2.45) is 0 Å². The van der Waals surface area contributed by atoms with Crippen molar-refractivity contribution in [2.45, 2.75) is 32.9 Å². The number of anilines is 1. The molecule has 1 aromatic carbocycles. The first-order chi connectivity index (χ1) is 11.2. The normalized spacial score (nSPS) is 15.7. The van der Waals surface area contributed by atoms with Crippen LogP contribution in [0.2, 0.25) is 0 Å². The average Bonchev–Trinajstić information content (AvgIpc) is 2.93. The van der Waals surface area contributed by atoms with Gasteiger partial charge < -0.3 is 19.5 Å². The Morgan fingerprint density at radius 2 is 2.04 bits per heavy atom. The molecule has 2 heterocycles. The number of aromatic nitrogens is 2. The van der Waals surface area contributed by atoms with Crippen LogP contribution < -0.4 is 19.5 Å². The third kappa shape index (κ3) is 3.47. The Kier molecular flexibility index (Phi) is 4.50. The summed E-state index contributed by atoms with van der Waals surface area (Å²) in [5, 5.41) is 3.21. The van der Waals surface area contributed by atoms with Crippen LogP contribution in [0.1, 0.15) is 25.0 Å². The van der Waals surface area contributed by atoms with E-state index in [1.807, 2.05) is 13.0 Å². The molecule has 6 nitrogen and oxygen atoms in total. The molecular formula is C17H21N3O3. The molecule has 1 aliphatic heterocycles. The van der Waals surface area contributed by atoms with Crippen molar-refractivity contribution in [1.82, 2.24) is 9.97 Å². The summed E-state index contributed by atoms with van der Waals surface area (Å²) in [4.78, 5) is 8.43. The first kappa shape index (κ1) is 15.4. The summed E-state index contributed by atoms with van der Waals surface area (Å²) < 4.78 is 16.7. The van der Waals surface area contributed by atoms with E-state index < -0.39 is 0 Å². The zero-order valence-electron chi connectivity index (χ0n) is 13.6. The van der Waals surface area contributed by atoms with Gasteiger partial charge >= 0.3 is 0 Å². The number of hydrogen-bond donors (Lipinski definition) is 1. The van der Waals surface area contributed by atoms with Crippen molar-refractivity contribution in [3.05, 3.63) is 35.7 Å². The van der Waals surface area contributed by atoms with E-state index in [4.69, 9.17) is 14.2 Å². The summed E-state index contributed by atoms with van der Waals surface area (Å²) in [5.74, 6) is 3.00. The molecule has 1 N–H and O–H groups in total. The molecule has 0 bridgehead atoms. The van der Waals surface area contributed by atoms with Gasteiger partial charge in [-0.15, -0.1) is 0 Å². The molecule has 0 fully saturated rings. The summed E-state index contributed by atoms with van der Waals surface area (Å²) in [5.41, 5.74) is 2.24. The van der Waals surface area contributed by atoms with Gasteiger partial charge in [-0.3, -0.25) is 0 Å². The summed E-state index contributed by atoms with van der Waals surface area (Å²) in [6.45, 7) is 5.27. The summed E-state index contributed by atoms with van der Waals surface area (Å²) in [7, 11) is 1.59. The average molecular weight is 315 g/mol. The predicted molar refractivity (Wildman–Crippen MR) is 87.3 cm³/mol. The molecular weight excluding hydrogens is 294 g/mol. The summed E-state index contributed by atoms with van der Waals surface area (Å²) in [6, 6.07) is 4.08. The van der Waals surface area contributed by atoms with E-state index in [0.29, 0.717) is 24.8 Å². The third-order valence-corrected chi connectivity index (χ3v) is 3.65. The lowest BCUT2D eigenvalue weighted by Gasteiger charge is -2.13. The first-order valence-electron chi connectivity index (χ1n) is 7.74. The van der Waals surface area contributed by atoms with Crippen molar-refractivity contribution >= 4 is 5.95 Å². The smallest absolute Gasteiger partial charge is 0.223 e. The second-order valence-corrected chi connectivity index (χ2v) is 5.44. The molecule has 1 atom stereocenters. The van der Waals surface area contributed by atoms with E-state index in [9.17, 15) is 0 Å². The Bertz CT molecular complexity index is 674. The molecule has 3 rings (SSSR count). The minimum absolute atomic E-state index is 0.192. The minimum Gasteiger partial charge on any atom is -0.494 e. The van der Waals surface area contributed by atoms with Crippen LogP contribution in [0.5, 0.6) is 17.2 Å². The number of methoxy groups -OCH3 is 1. The second-order valence-electron chi connectivity index (χ2n) is 5.44. The molecule has 0 saturated heterocycles. The molecule has 0 spiro atoms. The maximum Gasteiger partial charge on any atom is 0.223 e. The molecule has 1 aliphatic rings. The van der Waals surface area contributed by atoms with Crippen LogP contribution in [-0.4, -0.2) is 29.8 Å². The SMILES string of the molecule is CCOc1cc(CNc2ncc(OC)cn2)c2c(c1)CC(C)O2. The van der Waals surface area contributed by atoms with Crippen molar-refractivity contribution in [3.8, 4) is 17.2 Å². The quantitative estimate of drug-likeness (QED) is 0.884. The van der Waals surface area contributed by atoms with Gasteiger partial charge in [0.15, 0.2) is 5.75 Å². The summed E-state index contributed by atoms with van der Waals surface area (Å²) >= 11 is 0. The lowest BCUT2D eigenvalue weighted by molar-refractivity contribution is 0.252. The number of benzene rings is 1. The Hall–Kier alpha value is -2.50. The zero-order valence-corrected chi connectivity index (χ0v) is 13.6. The van der Waals surface area contributed by atoms with Gasteiger partial charge in [-0.05, 0) is 26.0 Å².